The number of rotatable bonds is 4. The zero-order chi connectivity index (χ0) is 26.1. The Morgan fingerprint density at radius 1 is 1.17 bits per heavy atom. The molecule has 1 aromatic rings. The van der Waals surface area contributed by atoms with Crippen molar-refractivity contribution in [1.29, 1.82) is 0 Å². The number of ketones is 2. The first-order valence-electron chi connectivity index (χ1n) is 11.5. The lowest BCUT2D eigenvalue weighted by Gasteiger charge is -2.50. The Labute approximate surface area is 202 Å². The van der Waals surface area contributed by atoms with Gasteiger partial charge in [-0.3, -0.25) is 19.3 Å². The lowest BCUT2D eigenvalue weighted by Crippen LogP contribution is -2.65. The van der Waals surface area contributed by atoms with Gasteiger partial charge in [0.15, 0.2) is 11.4 Å². The molecule has 188 valence electrons. The second-order valence-corrected chi connectivity index (χ2v) is 9.97. The number of likely N-dealkylation sites (N-methyl/N-ethyl adjacent to an activating group) is 1. The molecule has 6 N–H and O–H groups in total. The predicted octanol–water partition coefficient (Wildman–Crippen LogP) is 0.592. The summed E-state index contributed by atoms with van der Waals surface area (Å²) in [6.45, 7) is 1.85. The molecular weight excluding hydrogens is 454 g/mol. The van der Waals surface area contributed by atoms with E-state index >= 15 is 0 Å². The van der Waals surface area contributed by atoms with Gasteiger partial charge in [0, 0.05) is 31.3 Å². The molecule has 1 fully saturated rings. The SMILES string of the molecule is CCc1cc(N(C)C)c2c(c1O)C(O)=C1C(=O)[C@]3(O)C(O)=C(C(N)=O)C(=O)[C@@H](N(C)C)C3CC1C2. The van der Waals surface area contributed by atoms with E-state index in [1.165, 1.54) is 4.90 Å². The number of aliphatic hydroxyl groups excluding tert-OH is 2. The summed E-state index contributed by atoms with van der Waals surface area (Å²) in [5, 5.41) is 44.8. The van der Waals surface area contributed by atoms with Gasteiger partial charge in [0.1, 0.15) is 22.8 Å². The van der Waals surface area contributed by atoms with Crippen LogP contribution in [0.1, 0.15) is 30.0 Å². The topological polar surface area (TPSA) is 165 Å². The average molecular weight is 486 g/mol. The molecule has 3 aliphatic carbocycles. The molecule has 10 nitrogen and oxygen atoms in total. The maximum absolute atomic E-state index is 13.8. The number of hydrogen-bond donors (Lipinski definition) is 5. The van der Waals surface area contributed by atoms with Gasteiger partial charge in [0.25, 0.3) is 5.91 Å². The fourth-order valence-electron chi connectivity index (χ4n) is 6.01. The number of aromatic hydroxyl groups is 1. The number of phenolic OH excluding ortho intramolecular Hbond substituents is 1. The number of amides is 1. The van der Waals surface area contributed by atoms with Crippen LogP contribution < -0.4 is 10.6 Å². The van der Waals surface area contributed by atoms with Crippen LogP contribution in [0.2, 0.25) is 0 Å². The fraction of sp³-hybridized carbons (Fsp3) is 0.480. The second-order valence-electron chi connectivity index (χ2n) is 9.97. The number of phenols is 1. The Morgan fingerprint density at radius 3 is 2.31 bits per heavy atom. The Kier molecular flexibility index (Phi) is 5.72. The zero-order valence-electron chi connectivity index (χ0n) is 20.4. The molecule has 0 aromatic heterocycles. The highest BCUT2D eigenvalue weighted by Gasteiger charge is 2.64. The first-order valence-corrected chi connectivity index (χ1v) is 11.5. The fourth-order valence-corrected chi connectivity index (χ4v) is 6.01. The molecule has 1 amide bonds. The normalized spacial score (nSPS) is 28.1. The molecule has 1 saturated carbocycles. The van der Waals surface area contributed by atoms with Gasteiger partial charge in [0.2, 0.25) is 5.78 Å². The van der Waals surface area contributed by atoms with Crippen LogP contribution in [-0.2, 0) is 27.2 Å². The van der Waals surface area contributed by atoms with E-state index < -0.39 is 58.0 Å². The summed E-state index contributed by atoms with van der Waals surface area (Å²) in [7, 11) is 6.82. The number of carbonyl (C=O) groups is 3. The quantitative estimate of drug-likeness (QED) is 0.384. The van der Waals surface area contributed by atoms with Crippen LogP contribution in [0.4, 0.5) is 5.69 Å². The van der Waals surface area contributed by atoms with Gasteiger partial charge in [-0.2, -0.15) is 0 Å². The van der Waals surface area contributed by atoms with Crippen molar-refractivity contribution >= 4 is 28.9 Å². The van der Waals surface area contributed by atoms with Crippen LogP contribution in [0.5, 0.6) is 5.75 Å². The van der Waals surface area contributed by atoms with Gasteiger partial charge < -0.3 is 31.1 Å². The number of anilines is 1. The van der Waals surface area contributed by atoms with Crippen molar-refractivity contribution in [1.82, 2.24) is 4.90 Å². The van der Waals surface area contributed by atoms with E-state index in [1.807, 2.05) is 32.0 Å². The van der Waals surface area contributed by atoms with E-state index in [0.29, 0.717) is 17.5 Å². The number of hydrogen-bond acceptors (Lipinski definition) is 9. The number of aliphatic hydroxyl groups is 3. The van der Waals surface area contributed by atoms with Gasteiger partial charge >= 0.3 is 0 Å². The van der Waals surface area contributed by atoms with Crippen LogP contribution >= 0.6 is 0 Å². The third-order valence-corrected chi connectivity index (χ3v) is 7.64. The smallest absolute Gasteiger partial charge is 0.255 e. The number of carbonyl (C=O) groups excluding carboxylic acids is 3. The van der Waals surface area contributed by atoms with Gasteiger partial charge in [-0.05, 0) is 56.5 Å². The highest BCUT2D eigenvalue weighted by molar-refractivity contribution is 6.24. The summed E-state index contributed by atoms with van der Waals surface area (Å²) in [5.41, 5.74) is 3.85. The average Bonchev–Trinajstić information content (AvgIpc) is 2.75. The van der Waals surface area contributed by atoms with Crippen LogP contribution in [0.15, 0.2) is 23.0 Å². The largest absolute Gasteiger partial charge is 0.508 e. The van der Waals surface area contributed by atoms with E-state index in [9.17, 15) is 34.8 Å². The standard InChI is InChI=1S/C25H31N3O7/c1-6-10-9-14(27(2)3)12-7-11-8-13-18(28(4)5)21(31)17(24(26)34)23(33)25(13,35)22(32)15(11)20(30)16(12)19(10)29/h9,11,13,18,29-30,33,35H,6-8H2,1-5H3,(H2,26,34)/t11?,13?,18-,25-/m0/s1. The van der Waals surface area contributed by atoms with Crippen molar-refractivity contribution in [2.75, 3.05) is 33.1 Å². The minimum Gasteiger partial charge on any atom is -0.508 e. The molecular formula is C25H31N3O7. The molecule has 0 spiro atoms. The Morgan fingerprint density at radius 2 is 1.80 bits per heavy atom. The van der Waals surface area contributed by atoms with E-state index in [0.717, 1.165) is 5.69 Å². The lowest BCUT2D eigenvalue weighted by atomic mass is 9.57. The minimum atomic E-state index is -2.63. The number of nitrogens with zero attached hydrogens (tertiary/aromatic N) is 2. The van der Waals surface area contributed by atoms with Crippen molar-refractivity contribution in [3.8, 4) is 5.75 Å². The van der Waals surface area contributed by atoms with Crippen LogP contribution in [-0.4, -0.2) is 82.6 Å². The molecule has 4 atom stereocenters. The van der Waals surface area contributed by atoms with Gasteiger partial charge in [-0.1, -0.05) is 6.92 Å². The highest BCUT2D eigenvalue weighted by Crippen LogP contribution is 2.54. The van der Waals surface area contributed by atoms with Crippen molar-refractivity contribution < 1.29 is 34.8 Å². The van der Waals surface area contributed by atoms with Crippen molar-refractivity contribution in [3.63, 3.8) is 0 Å². The van der Waals surface area contributed by atoms with E-state index in [-0.39, 0.29) is 29.7 Å². The minimum absolute atomic E-state index is 0.0644. The molecule has 0 aliphatic heterocycles. The highest BCUT2D eigenvalue weighted by atomic mass is 16.3. The number of aryl methyl sites for hydroxylation is 1. The molecule has 0 bridgehead atoms. The number of nitrogens with two attached hydrogens (primary N) is 1. The number of primary amides is 1. The van der Waals surface area contributed by atoms with Crippen LogP contribution in [0, 0.1) is 11.8 Å². The van der Waals surface area contributed by atoms with Gasteiger partial charge in [-0.25, -0.2) is 0 Å². The monoisotopic (exact) mass is 485 g/mol. The second kappa shape index (κ2) is 8.10. The molecule has 35 heavy (non-hydrogen) atoms. The Balaban J connectivity index is 2.01. The molecule has 0 radical (unpaired) electrons. The van der Waals surface area contributed by atoms with Crippen molar-refractivity contribution in [2.45, 2.75) is 37.8 Å². The summed E-state index contributed by atoms with van der Waals surface area (Å²) >= 11 is 0. The summed E-state index contributed by atoms with van der Waals surface area (Å²) in [6, 6.07) is 0.741. The number of benzene rings is 1. The molecule has 10 heteroatoms. The van der Waals surface area contributed by atoms with Crippen molar-refractivity contribution in [3.05, 3.63) is 39.7 Å². The van der Waals surface area contributed by atoms with Crippen molar-refractivity contribution in [2.24, 2.45) is 17.6 Å². The van der Waals surface area contributed by atoms with E-state index in [1.54, 1.807) is 14.1 Å². The van der Waals surface area contributed by atoms with Gasteiger partial charge in [-0.15, -0.1) is 0 Å². The molecule has 2 unspecified atom stereocenters. The number of Topliss-reactive ketones (excluding diaryl/α,β-unsaturated/α-hetero) is 2. The lowest BCUT2D eigenvalue weighted by molar-refractivity contribution is -0.153. The van der Waals surface area contributed by atoms with Gasteiger partial charge in [0.05, 0.1) is 11.6 Å². The molecule has 0 saturated heterocycles. The summed E-state index contributed by atoms with van der Waals surface area (Å²) in [4.78, 5) is 42.3. The van der Waals surface area contributed by atoms with Crippen LogP contribution in [0.25, 0.3) is 5.76 Å². The van der Waals surface area contributed by atoms with E-state index in [4.69, 9.17) is 5.73 Å². The third-order valence-electron chi connectivity index (χ3n) is 7.64. The summed E-state index contributed by atoms with van der Waals surface area (Å²) < 4.78 is 0. The maximum atomic E-state index is 13.8. The predicted molar refractivity (Wildman–Crippen MR) is 128 cm³/mol. The molecule has 1 aromatic carbocycles. The summed E-state index contributed by atoms with van der Waals surface area (Å²) in [5.74, 6) is -6.43. The first kappa shape index (κ1) is 24.7. The van der Waals surface area contributed by atoms with E-state index in [2.05, 4.69) is 0 Å². The molecule has 3 aliphatic rings. The zero-order valence-corrected chi connectivity index (χ0v) is 20.4. The maximum Gasteiger partial charge on any atom is 0.255 e. The summed E-state index contributed by atoms with van der Waals surface area (Å²) in [6.07, 6.45) is 0.804. The Hall–Kier alpha value is -3.37. The number of fused-ring (bicyclic) bond motifs is 3. The third kappa shape index (κ3) is 3.20. The first-order chi connectivity index (χ1) is 16.3. The van der Waals surface area contributed by atoms with Crippen LogP contribution in [0.3, 0.4) is 0 Å². The molecule has 4 rings (SSSR count). The molecule has 0 heterocycles. The Bertz CT molecular complexity index is 1230.